The average Bonchev–Trinajstić information content (AvgIpc) is 3.05. The predicted molar refractivity (Wildman–Crippen MR) is 76.0 cm³/mol. The zero-order chi connectivity index (χ0) is 13.2. The fourth-order valence-corrected chi connectivity index (χ4v) is 3.98. The Labute approximate surface area is 116 Å². The lowest BCUT2D eigenvalue weighted by Gasteiger charge is -2.35. The number of carbonyl (C=O) groups is 1. The molecule has 3 aliphatic heterocycles. The average molecular weight is 265 g/mol. The third-order valence-electron chi connectivity index (χ3n) is 5.23. The van der Waals surface area contributed by atoms with Crippen molar-refractivity contribution in [3.63, 3.8) is 0 Å². The molecule has 1 amide bonds. The Morgan fingerprint density at radius 1 is 1.21 bits per heavy atom. The molecule has 2 bridgehead atoms. The van der Waals surface area contributed by atoms with Crippen molar-refractivity contribution >= 4 is 5.91 Å². The van der Waals surface area contributed by atoms with E-state index in [9.17, 15) is 4.79 Å². The molecule has 0 radical (unpaired) electrons. The van der Waals surface area contributed by atoms with E-state index < -0.39 is 0 Å². The highest BCUT2D eigenvalue weighted by atomic mass is 16.2. The van der Waals surface area contributed by atoms with Crippen LogP contribution in [0.5, 0.6) is 0 Å². The fourth-order valence-electron chi connectivity index (χ4n) is 3.98. The topological polar surface area (TPSA) is 35.6 Å². The van der Waals surface area contributed by atoms with E-state index in [2.05, 4.69) is 10.2 Å². The molecule has 1 N–H and O–H groups in total. The summed E-state index contributed by atoms with van der Waals surface area (Å²) in [5.74, 6) is 0.346. The van der Waals surface area contributed by atoms with Crippen LogP contribution in [0.1, 0.15) is 44.9 Å². The zero-order valence-electron chi connectivity index (χ0n) is 12.1. The van der Waals surface area contributed by atoms with E-state index in [1.807, 2.05) is 11.9 Å². The van der Waals surface area contributed by atoms with Gasteiger partial charge in [-0.1, -0.05) is 0 Å². The first-order valence-electron chi connectivity index (χ1n) is 7.96. The van der Waals surface area contributed by atoms with Crippen molar-refractivity contribution in [2.75, 3.05) is 26.7 Å². The quantitative estimate of drug-likeness (QED) is 0.830. The predicted octanol–water partition coefficient (Wildman–Crippen LogP) is 1.21. The summed E-state index contributed by atoms with van der Waals surface area (Å²) in [6.45, 7) is 3.34. The molecular formula is C15H27N3O. The number of hydrogen-bond acceptors (Lipinski definition) is 3. The molecule has 0 aliphatic carbocycles. The first kappa shape index (κ1) is 13.4. The van der Waals surface area contributed by atoms with Gasteiger partial charge < -0.3 is 15.1 Å². The minimum Gasteiger partial charge on any atom is -0.343 e. The molecule has 0 spiro atoms. The van der Waals surface area contributed by atoms with Gasteiger partial charge in [0.2, 0.25) is 5.91 Å². The summed E-state index contributed by atoms with van der Waals surface area (Å²) in [4.78, 5) is 16.8. The van der Waals surface area contributed by atoms with Crippen LogP contribution in [0.4, 0.5) is 0 Å². The maximum Gasteiger partial charge on any atom is 0.223 e. The molecule has 4 heteroatoms. The number of carbonyl (C=O) groups excluding carboxylic acids is 1. The van der Waals surface area contributed by atoms with Crippen molar-refractivity contribution in [2.24, 2.45) is 0 Å². The SMILES string of the molecule is CN(C(=O)CCN1CCCC1)C1CC2CCC(C1)N2. The van der Waals surface area contributed by atoms with Gasteiger partial charge in [0.1, 0.15) is 0 Å². The number of nitrogens with one attached hydrogen (secondary N) is 1. The first-order valence-corrected chi connectivity index (χ1v) is 7.96. The van der Waals surface area contributed by atoms with Gasteiger partial charge >= 0.3 is 0 Å². The molecule has 0 aromatic carbocycles. The first-order chi connectivity index (χ1) is 9.22. The molecule has 4 nitrogen and oxygen atoms in total. The lowest BCUT2D eigenvalue weighted by atomic mass is 9.98. The molecule has 19 heavy (non-hydrogen) atoms. The summed E-state index contributed by atoms with van der Waals surface area (Å²) in [6, 6.07) is 1.81. The van der Waals surface area contributed by atoms with Crippen LogP contribution < -0.4 is 5.32 Å². The number of fused-ring (bicyclic) bond motifs is 2. The van der Waals surface area contributed by atoms with Crippen LogP contribution in [0.2, 0.25) is 0 Å². The monoisotopic (exact) mass is 265 g/mol. The lowest BCUT2D eigenvalue weighted by molar-refractivity contribution is -0.133. The minimum absolute atomic E-state index is 0.346. The zero-order valence-corrected chi connectivity index (χ0v) is 12.1. The highest BCUT2D eigenvalue weighted by Gasteiger charge is 2.36. The number of amides is 1. The Kier molecular flexibility index (Phi) is 4.08. The maximum atomic E-state index is 12.3. The van der Waals surface area contributed by atoms with Crippen molar-refractivity contribution in [1.82, 2.24) is 15.1 Å². The van der Waals surface area contributed by atoms with Gasteiger partial charge in [0, 0.05) is 38.1 Å². The third-order valence-corrected chi connectivity index (χ3v) is 5.23. The molecule has 3 saturated heterocycles. The van der Waals surface area contributed by atoms with Crippen molar-refractivity contribution in [3.8, 4) is 0 Å². The second-order valence-corrected chi connectivity index (χ2v) is 6.57. The van der Waals surface area contributed by atoms with Crippen molar-refractivity contribution in [2.45, 2.75) is 63.1 Å². The largest absolute Gasteiger partial charge is 0.343 e. The fraction of sp³-hybridized carbons (Fsp3) is 0.933. The summed E-state index contributed by atoms with van der Waals surface area (Å²) < 4.78 is 0. The number of likely N-dealkylation sites (tertiary alicyclic amines) is 1. The Morgan fingerprint density at radius 3 is 2.47 bits per heavy atom. The van der Waals surface area contributed by atoms with Gasteiger partial charge in [0.25, 0.3) is 0 Å². The molecule has 3 fully saturated rings. The summed E-state index contributed by atoms with van der Waals surface area (Å²) in [5, 5.41) is 3.64. The Morgan fingerprint density at radius 2 is 1.84 bits per heavy atom. The van der Waals surface area contributed by atoms with E-state index in [4.69, 9.17) is 0 Å². The van der Waals surface area contributed by atoms with Crippen LogP contribution in [0, 0.1) is 0 Å². The second kappa shape index (κ2) is 5.80. The van der Waals surface area contributed by atoms with Gasteiger partial charge in [0.05, 0.1) is 0 Å². The van der Waals surface area contributed by atoms with Gasteiger partial charge in [-0.15, -0.1) is 0 Å². The lowest BCUT2D eigenvalue weighted by Crippen LogP contribution is -2.49. The number of rotatable bonds is 4. The molecule has 3 rings (SSSR count). The standard InChI is InChI=1S/C15H27N3O/c1-17(14-10-12-4-5-13(11-14)16-12)15(19)6-9-18-7-2-3-8-18/h12-14,16H,2-11H2,1H3. The van der Waals surface area contributed by atoms with Crippen molar-refractivity contribution in [3.05, 3.63) is 0 Å². The molecule has 108 valence electrons. The molecule has 3 heterocycles. The van der Waals surface area contributed by atoms with Crippen molar-refractivity contribution < 1.29 is 4.79 Å². The third kappa shape index (κ3) is 3.11. The van der Waals surface area contributed by atoms with E-state index in [1.54, 1.807) is 0 Å². The van der Waals surface area contributed by atoms with Gasteiger partial charge in [-0.2, -0.15) is 0 Å². The van der Waals surface area contributed by atoms with Crippen LogP contribution in [-0.2, 0) is 4.79 Å². The van der Waals surface area contributed by atoms with Crippen LogP contribution in [0.15, 0.2) is 0 Å². The Balaban J connectivity index is 1.46. The number of nitrogens with zero attached hydrogens (tertiary/aromatic N) is 2. The van der Waals surface area contributed by atoms with Gasteiger partial charge in [0.15, 0.2) is 0 Å². The number of piperidine rings is 1. The molecule has 0 aromatic heterocycles. The van der Waals surface area contributed by atoms with E-state index in [1.165, 1.54) is 38.8 Å². The highest BCUT2D eigenvalue weighted by molar-refractivity contribution is 5.76. The van der Waals surface area contributed by atoms with Gasteiger partial charge in [-0.25, -0.2) is 0 Å². The van der Waals surface area contributed by atoms with E-state index in [0.29, 0.717) is 30.5 Å². The molecule has 0 saturated carbocycles. The second-order valence-electron chi connectivity index (χ2n) is 6.57. The molecule has 2 atom stereocenters. The highest BCUT2D eigenvalue weighted by Crippen LogP contribution is 2.29. The maximum absolute atomic E-state index is 12.3. The Hall–Kier alpha value is -0.610. The van der Waals surface area contributed by atoms with E-state index >= 15 is 0 Å². The minimum atomic E-state index is 0.346. The normalized spacial score (nSPS) is 34.7. The number of hydrogen-bond donors (Lipinski definition) is 1. The summed E-state index contributed by atoms with van der Waals surface area (Å²) >= 11 is 0. The van der Waals surface area contributed by atoms with Gasteiger partial charge in [-0.3, -0.25) is 4.79 Å². The van der Waals surface area contributed by atoms with Crippen LogP contribution in [-0.4, -0.2) is 60.5 Å². The summed E-state index contributed by atoms with van der Waals surface area (Å²) in [6.07, 6.45) is 8.23. The van der Waals surface area contributed by atoms with Crippen LogP contribution in [0.3, 0.4) is 0 Å². The molecular weight excluding hydrogens is 238 g/mol. The Bertz CT molecular complexity index is 315. The summed E-state index contributed by atoms with van der Waals surface area (Å²) in [7, 11) is 2.02. The summed E-state index contributed by atoms with van der Waals surface area (Å²) in [5.41, 5.74) is 0. The molecule has 0 aromatic rings. The van der Waals surface area contributed by atoms with E-state index in [-0.39, 0.29) is 0 Å². The van der Waals surface area contributed by atoms with Crippen molar-refractivity contribution in [1.29, 1.82) is 0 Å². The van der Waals surface area contributed by atoms with Crippen LogP contribution in [0.25, 0.3) is 0 Å². The van der Waals surface area contributed by atoms with E-state index in [0.717, 1.165) is 19.4 Å². The van der Waals surface area contributed by atoms with Crippen LogP contribution >= 0.6 is 0 Å². The molecule has 3 aliphatic rings. The van der Waals surface area contributed by atoms with Gasteiger partial charge in [-0.05, 0) is 51.6 Å². The smallest absolute Gasteiger partial charge is 0.223 e. The molecule has 2 unspecified atom stereocenters.